The number of phosphoric acid groups is 1. The maximum absolute atomic E-state index is 13.6. The number of rotatable bonds is 13. The fraction of sp³-hybridized carbons (Fsp3) is 1.00. The monoisotopic (exact) mass is 694 g/mol. The van der Waals surface area contributed by atoms with Gasteiger partial charge in [0.1, 0.15) is 0 Å². The first kappa shape index (κ1) is 39.5. The third kappa shape index (κ3) is 5.51. The van der Waals surface area contributed by atoms with Gasteiger partial charge in [0.2, 0.25) is 0 Å². The van der Waals surface area contributed by atoms with Crippen LogP contribution in [-0.4, -0.2) is 81.8 Å². The van der Waals surface area contributed by atoms with Crippen molar-refractivity contribution in [2.45, 2.75) is 71.8 Å². The lowest BCUT2D eigenvalue weighted by Gasteiger charge is -2.45. The summed E-state index contributed by atoms with van der Waals surface area (Å²) < 4.78 is 317. The minimum Gasteiger partial charge on any atom is -0.303 e. The van der Waals surface area contributed by atoms with E-state index in [-0.39, 0.29) is 0 Å². The third-order valence-electron chi connectivity index (χ3n) is 4.65. The summed E-state index contributed by atoms with van der Waals surface area (Å²) in [6, 6.07) is 0. The molecule has 0 saturated carbocycles. The van der Waals surface area contributed by atoms with Crippen LogP contribution in [0.5, 0.6) is 0 Å². The van der Waals surface area contributed by atoms with Gasteiger partial charge >= 0.3 is 73.2 Å². The standard InChI is InChI=1S/C13H6F23O4P/c14-3(15,1-2-40-41(37,38)39)4(16,17)5(18,19)6(20,21)7(22,23)8(24,25)9(26,27)10(28,29)11(30,31)12(32,33)13(34,35)36/h1-2H2,(H2,37,38,39). The van der Waals surface area contributed by atoms with Gasteiger partial charge in [0.15, 0.2) is 0 Å². The third-order valence-corrected chi connectivity index (χ3v) is 5.16. The zero-order chi connectivity index (χ0) is 34.1. The first-order chi connectivity index (χ1) is 17.2. The van der Waals surface area contributed by atoms with Crippen molar-refractivity contribution in [2.75, 3.05) is 6.61 Å². The number of phosphoric ester groups is 1. The highest BCUT2D eigenvalue weighted by Gasteiger charge is 2.98. The van der Waals surface area contributed by atoms with Crippen LogP contribution >= 0.6 is 7.82 Å². The predicted molar refractivity (Wildman–Crippen MR) is 78.1 cm³/mol. The summed E-state index contributed by atoms with van der Waals surface area (Å²) in [6.07, 6.45) is -11.5. The molecule has 0 spiro atoms. The SMILES string of the molecule is O=P(O)(O)OCCC(F)(F)C(F)(F)C(F)(F)C(F)(F)C(F)(F)C(F)(F)C(F)(F)C(F)(F)C(F)(F)C(F)(F)C(F)(F)F. The number of halogens is 23. The molecule has 0 aromatic heterocycles. The number of alkyl halides is 23. The van der Waals surface area contributed by atoms with Crippen molar-refractivity contribution < 1.29 is 120 Å². The van der Waals surface area contributed by atoms with Crippen LogP contribution < -0.4 is 0 Å². The highest BCUT2D eigenvalue weighted by Crippen LogP contribution is 2.67. The molecule has 0 amide bonds. The van der Waals surface area contributed by atoms with E-state index in [4.69, 9.17) is 9.79 Å². The van der Waals surface area contributed by atoms with Crippen LogP contribution in [-0.2, 0) is 9.09 Å². The Kier molecular flexibility index (Phi) is 9.66. The zero-order valence-electron chi connectivity index (χ0n) is 17.8. The molecule has 4 nitrogen and oxygen atoms in total. The second-order valence-electron chi connectivity index (χ2n) is 7.45. The topological polar surface area (TPSA) is 66.8 Å². The van der Waals surface area contributed by atoms with E-state index >= 15 is 0 Å². The molecule has 0 aliphatic carbocycles. The molecule has 248 valence electrons. The lowest BCUT2D eigenvalue weighted by Crippen LogP contribution is -2.77. The molecule has 2 N–H and O–H groups in total. The summed E-state index contributed by atoms with van der Waals surface area (Å²) in [5.41, 5.74) is 0. The van der Waals surface area contributed by atoms with Gasteiger partial charge in [-0.25, -0.2) is 4.57 Å². The van der Waals surface area contributed by atoms with Crippen LogP contribution in [0.15, 0.2) is 0 Å². The van der Waals surface area contributed by atoms with E-state index in [1.807, 2.05) is 0 Å². The molecule has 0 aromatic rings. The van der Waals surface area contributed by atoms with Gasteiger partial charge in [0, 0.05) is 6.42 Å². The number of hydrogen-bond donors (Lipinski definition) is 2. The van der Waals surface area contributed by atoms with Crippen molar-refractivity contribution in [2.24, 2.45) is 0 Å². The first-order valence-electron chi connectivity index (χ1n) is 8.75. The van der Waals surface area contributed by atoms with Crippen molar-refractivity contribution in [3.8, 4) is 0 Å². The van der Waals surface area contributed by atoms with Gasteiger partial charge in [-0.2, -0.15) is 101 Å². The maximum atomic E-state index is 13.6. The Labute approximate surface area is 207 Å². The average molecular weight is 694 g/mol. The molecule has 0 fully saturated rings. The van der Waals surface area contributed by atoms with E-state index < -0.39 is 86.3 Å². The summed E-state index contributed by atoms with van der Waals surface area (Å²) >= 11 is 0. The summed E-state index contributed by atoms with van der Waals surface area (Å²) in [4.78, 5) is 16.2. The lowest BCUT2D eigenvalue weighted by atomic mass is 9.85. The Morgan fingerprint density at radius 1 is 0.415 bits per heavy atom. The molecular weight excluding hydrogens is 688 g/mol. The van der Waals surface area contributed by atoms with Crippen molar-refractivity contribution in [1.29, 1.82) is 0 Å². The van der Waals surface area contributed by atoms with Crippen LogP contribution in [0.1, 0.15) is 6.42 Å². The molecule has 28 heteroatoms. The number of hydrogen-bond acceptors (Lipinski definition) is 2. The normalized spacial score (nSPS) is 16.8. The Balaban J connectivity index is 7.02. The van der Waals surface area contributed by atoms with Crippen LogP contribution in [0.25, 0.3) is 0 Å². The molecule has 0 aromatic carbocycles. The van der Waals surface area contributed by atoms with Crippen molar-refractivity contribution in [1.82, 2.24) is 0 Å². The van der Waals surface area contributed by atoms with Gasteiger partial charge in [-0.15, -0.1) is 0 Å². The van der Waals surface area contributed by atoms with Crippen LogP contribution in [0, 0.1) is 0 Å². The summed E-state index contributed by atoms with van der Waals surface area (Å²) in [5, 5.41) is 0. The van der Waals surface area contributed by atoms with Crippen LogP contribution in [0.3, 0.4) is 0 Å². The predicted octanol–water partition coefficient (Wildman–Crippen LogP) is 7.40. The Hall–Kier alpha value is -1.50. The average Bonchev–Trinajstić information content (AvgIpc) is 2.70. The second-order valence-corrected chi connectivity index (χ2v) is 8.68. The van der Waals surface area contributed by atoms with E-state index in [0.29, 0.717) is 0 Å². The molecule has 0 heterocycles. The van der Waals surface area contributed by atoms with Crippen LogP contribution in [0.2, 0.25) is 0 Å². The summed E-state index contributed by atoms with van der Waals surface area (Å²) in [5.74, 6) is -88.8. The molecule has 41 heavy (non-hydrogen) atoms. The maximum Gasteiger partial charge on any atom is 0.469 e. The highest BCUT2D eigenvalue weighted by atomic mass is 31.2. The van der Waals surface area contributed by atoms with Gasteiger partial charge in [-0.1, -0.05) is 0 Å². The highest BCUT2D eigenvalue weighted by molar-refractivity contribution is 7.46. The van der Waals surface area contributed by atoms with E-state index in [9.17, 15) is 106 Å². The Morgan fingerprint density at radius 2 is 0.634 bits per heavy atom. The van der Waals surface area contributed by atoms with E-state index in [1.165, 1.54) is 0 Å². The Morgan fingerprint density at radius 3 is 0.854 bits per heavy atom. The van der Waals surface area contributed by atoms with Crippen molar-refractivity contribution in [3.63, 3.8) is 0 Å². The molecule has 0 radical (unpaired) electrons. The minimum absolute atomic E-state index is 2.58. The van der Waals surface area contributed by atoms with Crippen LogP contribution in [0.4, 0.5) is 101 Å². The first-order valence-corrected chi connectivity index (χ1v) is 10.3. The fourth-order valence-electron chi connectivity index (χ4n) is 2.24. The Bertz CT molecular complexity index is 994. The van der Waals surface area contributed by atoms with E-state index in [0.717, 1.165) is 0 Å². The molecular formula is C13H6F23O4P. The van der Waals surface area contributed by atoms with Gasteiger partial charge < -0.3 is 9.79 Å². The summed E-state index contributed by atoms with van der Waals surface area (Å²) in [7, 11) is -5.97. The van der Waals surface area contributed by atoms with Gasteiger partial charge in [-0.05, 0) is 0 Å². The van der Waals surface area contributed by atoms with E-state index in [2.05, 4.69) is 4.52 Å². The molecule has 0 unspecified atom stereocenters. The zero-order valence-corrected chi connectivity index (χ0v) is 18.7. The molecule has 0 saturated heterocycles. The quantitative estimate of drug-likeness (QED) is 0.156. The van der Waals surface area contributed by atoms with Gasteiger partial charge in [-0.3, -0.25) is 4.52 Å². The largest absolute Gasteiger partial charge is 0.469 e. The molecule has 0 rings (SSSR count). The fourth-order valence-corrected chi connectivity index (χ4v) is 2.57. The molecule has 0 aliphatic heterocycles. The second kappa shape index (κ2) is 10.0. The summed E-state index contributed by atoms with van der Waals surface area (Å²) in [6.45, 7) is -2.58. The lowest BCUT2D eigenvalue weighted by molar-refractivity contribution is -0.478. The molecule has 0 atom stereocenters. The van der Waals surface area contributed by atoms with Gasteiger partial charge in [0.25, 0.3) is 0 Å². The van der Waals surface area contributed by atoms with Gasteiger partial charge in [0.05, 0.1) is 6.61 Å². The van der Waals surface area contributed by atoms with E-state index in [1.54, 1.807) is 0 Å². The molecule has 0 bridgehead atoms. The van der Waals surface area contributed by atoms with Crippen molar-refractivity contribution >= 4 is 7.82 Å². The minimum atomic E-state index is -9.49. The smallest absolute Gasteiger partial charge is 0.303 e. The molecule has 0 aliphatic rings. The van der Waals surface area contributed by atoms with Crippen molar-refractivity contribution in [3.05, 3.63) is 0 Å².